The summed E-state index contributed by atoms with van der Waals surface area (Å²) in [5.41, 5.74) is 2.36. The number of fused-ring (bicyclic) bond motifs is 1. The second-order valence-electron chi connectivity index (χ2n) is 4.38. The molecular weight excluding hydrogens is 220 g/mol. The van der Waals surface area contributed by atoms with Crippen molar-refractivity contribution >= 4 is 28.2 Å². The molecule has 84 valence electrons. The van der Waals surface area contributed by atoms with Crippen LogP contribution in [0.4, 0.5) is 5.69 Å². The summed E-state index contributed by atoms with van der Waals surface area (Å²) in [5.74, 6) is 0. The maximum atomic E-state index is 6.16. The Kier molecular flexibility index (Phi) is 2.52. The molecule has 1 N–H and O–H groups in total. The molecule has 3 heteroatoms. The molecule has 1 saturated heterocycles. The summed E-state index contributed by atoms with van der Waals surface area (Å²) < 4.78 is 0. The summed E-state index contributed by atoms with van der Waals surface area (Å²) in [6, 6.07) is 6.09. The van der Waals surface area contributed by atoms with E-state index in [0.29, 0.717) is 0 Å². The molecule has 0 saturated carbocycles. The smallest absolute Gasteiger partial charge is 0.0664 e. The normalized spacial score (nSPS) is 16.9. The van der Waals surface area contributed by atoms with Crippen LogP contribution in [0.2, 0.25) is 5.02 Å². The standard InChI is InChI=1S/C13H15ClN2/c14-11-6-4-5-10-12(9-15-13(10)11)16-7-2-1-3-8-16/h4-6,9,15H,1-3,7-8H2. The number of anilines is 1. The number of aromatic amines is 1. The minimum absolute atomic E-state index is 0.806. The number of benzene rings is 1. The summed E-state index contributed by atoms with van der Waals surface area (Å²) in [4.78, 5) is 5.74. The molecule has 1 aliphatic heterocycles. The van der Waals surface area contributed by atoms with E-state index in [4.69, 9.17) is 11.6 Å². The highest BCUT2D eigenvalue weighted by molar-refractivity contribution is 6.35. The van der Waals surface area contributed by atoms with Gasteiger partial charge in [0.15, 0.2) is 0 Å². The van der Waals surface area contributed by atoms with Gasteiger partial charge in [-0.1, -0.05) is 23.7 Å². The molecule has 2 nitrogen and oxygen atoms in total. The van der Waals surface area contributed by atoms with Crippen LogP contribution in [0.1, 0.15) is 19.3 Å². The largest absolute Gasteiger partial charge is 0.370 e. The Hall–Kier alpha value is -1.15. The zero-order chi connectivity index (χ0) is 11.0. The molecule has 0 bridgehead atoms. The third kappa shape index (κ3) is 1.57. The van der Waals surface area contributed by atoms with Gasteiger partial charge in [0, 0.05) is 24.7 Å². The molecule has 0 radical (unpaired) electrons. The van der Waals surface area contributed by atoms with Crippen LogP contribution in [0.3, 0.4) is 0 Å². The molecule has 1 aromatic heterocycles. The fourth-order valence-electron chi connectivity index (χ4n) is 2.50. The molecule has 1 aromatic carbocycles. The number of hydrogen-bond donors (Lipinski definition) is 1. The van der Waals surface area contributed by atoms with Crippen LogP contribution < -0.4 is 4.90 Å². The van der Waals surface area contributed by atoms with E-state index < -0.39 is 0 Å². The SMILES string of the molecule is Clc1cccc2c(N3CCCCC3)c[nH]c12. The van der Waals surface area contributed by atoms with Crippen LogP contribution in [0.25, 0.3) is 10.9 Å². The third-order valence-electron chi connectivity index (χ3n) is 3.34. The number of H-pyrrole nitrogens is 1. The van der Waals surface area contributed by atoms with Crippen LogP contribution >= 0.6 is 11.6 Å². The number of aromatic nitrogens is 1. The van der Waals surface area contributed by atoms with Crippen molar-refractivity contribution in [3.63, 3.8) is 0 Å². The van der Waals surface area contributed by atoms with Crippen LogP contribution in [-0.4, -0.2) is 18.1 Å². The molecule has 0 atom stereocenters. The molecule has 0 amide bonds. The second-order valence-corrected chi connectivity index (χ2v) is 4.79. The van der Waals surface area contributed by atoms with E-state index in [1.807, 2.05) is 12.1 Å². The van der Waals surface area contributed by atoms with E-state index in [-0.39, 0.29) is 0 Å². The monoisotopic (exact) mass is 234 g/mol. The Bertz CT molecular complexity index is 498. The van der Waals surface area contributed by atoms with Crippen molar-refractivity contribution in [2.75, 3.05) is 18.0 Å². The van der Waals surface area contributed by atoms with Crippen molar-refractivity contribution in [1.82, 2.24) is 4.98 Å². The van der Waals surface area contributed by atoms with E-state index in [1.54, 1.807) is 0 Å². The third-order valence-corrected chi connectivity index (χ3v) is 3.65. The molecule has 0 unspecified atom stereocenters. The number of nitrogens with one attached hydrogen (secondary N) is 1. The molecule has 1 aliphatic rings. The Balaban J connectivity index is 2.06. The predicted octanol–water partition coefficient (Wildman–Crippen LogP) is 3.81. The molecular formula is C13H15ClN2. The van der Waals surface area contributed by atoms with Crippen LogP contribution in [0, 0.1) is 0 Å². The lowest BCUT2D eigenvalue weighted by molar-refractivity contribution is 0.579. The second kappa shape index (κ2) is 4.02. The van der Waals surface area contributed by atoms with Gasteiger partial charge >= 0.3 is 0 Å². The average molecular weight is 235 g/mol. The Morgan fingerprint density at radius 3 is 2.75 bits per heavy atom. The zero-order valence-corrected chi connectivity index (χ0v) is 9.93. The predicted molar refractivity (Wildman–Crippen MR) is 69.4 cm³/mol. The first-order chi connectivity index (χ1) is 7.86. The summed E-state index contributed by atoms with van der Waals surface area (Å²) in [5, 5.41) is 2.05. The topological polar surface area (TPSA) is 19.0 Å². The number of piperidine rings is 1. The summed E-state index contributed by atoms with van der Waals surface area (Å²) >= 11 is 6.16. The highest BCUT2D eigenvalue weighted by atomic mass is 35.5. The minimum Gasteiger partial charge on any atom is -0.370 e. The average Bonchev–Trinajstić information content (AvgIpc) is 2.75. The molecule has 0 aliphatic carbocycles. The Labute approximate surface area is 100 Å². The van der Waals surface area contributed by atoms with Crippen molar-refractivity contribution in [3.8, 4) is 0 Å². The van der Waals surface area contributed by atoms with E-state index in [9.17, 15) is 0 Å². The molecule has 2 aromatic rings. The molecule has 0 spiro atoms. The number of nitrogens with zero attached hydrogens (tertiary/aromatic N) is 1. The van der Waals surface area contributed by atoms with Gasteiger partial charge in [0.25, 0.3) is 0 Å². The summed E-state index contributed by atoms with van der Waals surface area (Å²) in [6.07, 6.45) is 6.04. The fourth-order valence-corrected chi connectivity index (χ4v) is 2.73. The molecule has 3 rings (SSSR count). The van der Waals surface area contributed by atoms with E-state index in [0.717, 1.165) is 10.5 Å². The highest BCUT2D eigenvalue weighted by Gasteiger charge is 2.15. The van der Waals surface area contributed by atoms with Gasteiger partial charge in [-0.25, -0.2) is 0 Å². The minimum atomic E-state index is 0.806. The Morgan fingerprint density at radius 1 is 1.12 bits per heavy atom. The summed E-state index contributed by atoms with van der Waals surface area (Å²) in [6.45, 7) is 2.33. The molecule has 16 heavy (non-hydrogen) atoms. The first-order valence-corrected chi connectivity index (χ1v) is 6.24. The van der Waals surface area contributed by atoms with Gasteiger partial charge < -0.3 is 9.88 Å². The van der Waals surface area contributed by atoms with E-state index in [1.165, 1.54) is 43.4 Å². The zero-order valence-electron chi connectivity index (χ0n) is 9.17. The van der Waals surface area contributed by atoms with Crippen molar-refractivity contribution < 1.29 is 0 Å². The molecule has 1 fully saturated rings. The van der Waals surface area contributed by atoms with E-state index >= 15 is 0 Å². The number of para-hydroxylation sites is 1. The van der Waals surface area contributed by atoms with Gasteiger partial charge in [0.05, 0.1) is 16.2 Å². The van der Waals surface area contributed by atoms with E-state index in [2.05, 4.69) is 22.1 Å². The van der Waals surface area contributed by atoms with Gasteiger partial charge in [-0.05, 0) is 25.3 Å². The van der Waals surface area contributed by atoms with Crippen molar-refractivity contribution in [1.29, 1.82) is 0 Å². The lowest BCUT2D eigenvalue weighted by Crippen LogP contribution is -2.29. The van der Waals surface area contributed by atoms with Crippen LogP contribution in [-0.2, 0) is 0 Å². The maximum Gasteiger partial charge on any atom is 0.0664 e. The number of hydrogen-bond acceptors (Lipinski definition) is 1. The fraction of sp³-hybridized carbons (Fsp3) is 0.385. The van der Waals surface area contributed by atoms with Crippen molar-refractivity contribution in [2.45, 2.75) is 19.3 Å². The lowest BCUT2D eigenvalue weighted by atomic mass is 10.1. The van der Waals surface area contributed by atoms with Crippen LogP contribution in [0.15, 0.2) is 24.4 Å². The van der Waals surface area contributed by atoms with Gasteiger partial charge in [-0.15, -0.1) is 0 Å². The van der Waals surface area contributed by atoms with Crippen molar-refractivity contribution in [3.05, 3.63) is 29.4 Å². The Morgan fingerprint density at radius 2 is 1.94 bits per heavy atom. The quantitative estimate of drug-likeness (QED) is 0.795. The van der Waals surface area contributed by atoms with Crippen LogP contribution in [0.5, 0.6) is 0 Å². The van der Waals surface area contributed by atoms with Gasteiger partial charge in [-0.3, -0.25) is 0 Å². The molecule has 2 heterocycles. The van der Waals surface area contributed by atoms with Gasteiger partial charge in [0.2, 0.25) is 0 Å². The number of rotatable bonds is 1. The maximum absolute atomic E-state index is 6.16. The van der Waals surface area contributed by atoms with Gasteiger partial charge in [-0.2, -0.15) is 0 Å². The van der Waals surface area contributed by atoms with Crippen molar-refractivity contribution in [2.24, 2.45) is 0 Å². The van der Waals surface area contributed by atoms with Gasteiger partial charge in [0.1, 0.15) is 0 Å². The number of halogens is 1. The summed E-state index contributed by atoms with van der Waals surface area (Å²) in [7, 11) is 0. The lowest BCUT2D eigenvalue weighted by Gasteiger charge is -2.28. The first kappa shape index (κ1) is 10.0. The highest BCUT2D eigenvalue weighted by Crippen LogP contribution is 2.32. The first-order valence-electron chi connectivity index (χ1n) is 5.87.